The lowest BCUT2D eigenvalue weighted by molar-refractivity contribution is 0.0944. The number of benzene rings is 1. The van der Waals surface area contributed by atoms with E-state index >= 15 is 0 Å². The van der Waals surface area contributed by atoms with Crippen molar-refractivity contribution in [2.24, 2.45) is 0 Å². The van der Waals surface area contributed by atoms with E-state index in [1.54, 1.807) is 24.3 Å². The Morgan fingerprint density at radius 2 is 1.65 bits per heavy atom. The Hall–Kier alpha value is -3.02. The van der Waals surface area contributed by atoms with Crippen molar-refractivity contribution >= 4 is 11.8 Å². The summed E-state index contributed by atoms with van der Waals surface area (Å²) in [7, 11) is 0. The Kier molecular flexibility index (Phi) is 5.57. The maximum absolute atomic E-state index is 12.8. The van der Waals surface area contributed by atoms with E-state index in [1.165, 1.54) is 24.3 Å². The number of amides is 2. The van der Waals surface area contributed by atoms with Crippen molar-refractivity contribution in [2.75, 3.05) is 6.54 Å². The van der Waals surface area contributed by atoms with E-state index in [-0.39, 0.29) is 29.7 Å². The highest BCUT2D eigenvalue weighted by molar-refractivity contribution is 5.96. The number of carbonyl (C=O) groups excluding carboxylic acids is 2. The summed E-state index contributed by atoms with van der Waals surface area (Å²) in [4.78, 5) is 27.9. The zero-order chi connectivity index (χ0) is 16.7. The highest BCUT2D eigenvalue weighted by Gasteiger charge is 2.11. The first-order valence-corrected chi connectivity index (χ1v) is 6.99. The summed E-state index contributed by atoms with van der Waals surface area (Å²) in [6.07, 6.45) is 1.55. The lowest BCUT2D eigenvalue weighted by Crippen LogP contribution is -2.27. The summed E-state index contributed by atoms with van der Waals surface area (Å²) >= 11 is 0. The maximum atomic E-state index is 12.8. The normalized spacial score (nSPS) is 9.96. The number of halogens is 1. The zero-order valence-corrected chi connectivity index (χ0v) is 12.4. The molecule has 2 amide bonds. The predicted octanol–water partition coefficient (Wildman–Crippen LogP) is 2.07. The first-order chi connectivity index (χ1) is 11.1. The van der Waals surface area contributed by atoms with Crippen LogP contribution in [0.5, 0.6) is 0 Å². The van der Waals surface area contributed by atoms with Crippen LogP contribution in [0.15, 0.2) is 55.1 Å². The SMILES string of the molecule is C=CCNC(=O)c1cccc(C(=O)NCc2ccc(F)cc2)n1. The number of hydrogen-bond donors (Lipinski definition) is 2. The fraction of sp³-hybridized carbons (Fsp3) is 0.118. The van der Waals surface area contributed by atoms with Gasteiger partial charge in [-0.05, 0) is 29.8 Å². The molecule has 23 heavy (non-hydrogen) atoms. The summed E-state index contributed by atoms with van der Waals surface area (Å²) < 4.78 is 12.8. The molecule has 0 bridgehead atoms. The highest BCUT2D eigenvalue weighted by Crippen LogP contribution is 2.04. The number of nitrogens with one attached hydrogen (secondary N) is 2. The molecular formula is C17H16FN3O2. The first kappa shape index (κ1) is 16.4. The fourth-order valence-electron chi connectivity index (χ4n) is 1.82. The number of aromatic nitrogens is 1. The number of pyridine rings is 1. The molecule has 0 fully saturated rings. The molecule has 2 aromatic rings. The van der Waals surface area contributed by atoms with Gasteiger partial charge in [0, 0.05) is 13.1 Å². The number of nitrogens with zero attached hydrogens (tertiary/aromatic N) is 1. The molecule has 118 valence electrons. The molecule has 0 radical (unpaired) electrons. The lowest BCUT2D eigenvalue weighted by atomic mass is 10.2. The van der Waals surface area contributed by atoms with Crippen molar-refractivity contribution in [1.82, 2.24) is 15.6 Å². The van der Waals surface area contributed by atoms with Crippen LogP contribution in [0.3, 0.4) is 0 Å². The van der Waals surface area contributed by atoms with Crippen LogP contribution in [0.1, 0.15) is 26.5 Å². The van der Waals surface area contributed by atoms with Gasteiger partial charge < -0.3 is 10.6 Å². The molecule has 2 N–H and O–H groups in total. The molecule has 5 nitrogen and oxygen atoms in total. The van der Waals surface area contributed by atoms with E-state index in [9.17, 15) is 14.0 Å². The average Bonchev–Trinajstić information content (AvgIpc) is 2.59. The molecule has 0 saturated heterocycles. The van der Waals surface area contributed by atoms with E-state index < -0.39 is 5.91 Å². The minimum Gasteiger partial charge on any atom is -0.347 e. The van der Waals surface area contributed by atoms with Crippen molar-refractivity contribution in [1.29, 1.82) is 0 Å². The molecule has 2 rings (SSSR count). The Morgan fingerprint density at radius 3 is 2.26 bits per heavy atom. The van der Waals surface area contributed by atoms with Crippen molar-refractivity contribution in [3.8, 4) is 0 Å². The third kappa shape index (κ3) is 4.74. The molecule has 0 aliphatic heterocycles. The first-order valence-electron chi connectivity index (χ1n) is 6.99. The van der Waals surface area contributed by atoms with Gasteiger partial charge in [-0.3, -0.25) is 9.59 Å². The summed E-state index contributed by atoms with van der Waals surface area (Å²) in [5, 5.41) is 5.26. The van der Waals surface area contributed by atoms with Gasteiger partial charge in [-0.2, -0.15) is 0 Å². The van der Waals surface area contributed by atoms with Gasteiger partial charge in [0.25, 0.3) is 11.8 Å². The molecule has 0 unspecified atom stereocenters. The minimum atomic E-state index is -0.410. The van der Waals surface area contributed by atoms with Gasteiger partial charge in [0.05, 0.1) is 0 Å². The summed E-state index contributed by atoms with van der Waals surface area (Å²) in [6.45, 7) is 4.07. The van der Waals surface area contributed by atoms with E-state index in [1.807, 2.05) is 0 Å². The Balaban J connectivity index is 2.00. The minimum absolute atomic E-state index is 0.137. The van der Waals surface area contributed by atoms with Crippen LogP contribution >= 0.6 is 0 Å². The molecule has 1 heterocycles. The number of carbonyl (C=O) groups is 2. The van der Waals surface area contributed by atoms with Gasteiger partial charge in [0.15, 0.2) is 0 Å². The van der Waals surface area contributed by atoms with Crippen LogP contribution in [-0.4, -0.2) is 23.3 Å². The third-order valence-electron chi connectivity index (χ3n) is 2.99. The largest absolute Gasteiger partial charge is 0.347 e. The maximum Gasteiger partial charge on any atom is 0.270 e. The van der Waals surface area contributed by atoms with Crippen LogP contribution in [-0.2, 0) is 6.54 Å². The van der Waals surface area contributed by atoms with E-state index in [2.05, 4.69) is 22.2 Å². The van der Waals surface area contributed by atoms with Gasteiger partial charge in [-0.25, -0.2) is 9.37 Å². The van der Waals surface area contributed by atoms with Crippen LogP contribution in [0, 0.1) is 5.82 Å². The van der Waals surface area contributed by atoms with Crippen molar-refractivity contribution in [3.63, 3.8) is 0 Å². The second-order valence-electron chi connectivity index (χ2n) is 4.72. The standard InChI is InChI=1S/C17H16FN3O2/c1-2-10-19-16(22)14-4-3-5-15(21-14)17(23)20-11-12-6-8-13(18)9-7-12/h2-9H,1,10-11H2,(H,19,22)(H,20,23). The van der Waals surface area contributed by atoms with Crippen molar-refractivity contribution < 1.29 is 14.0 Å². The van der Waals surface area contributed by atoms with Crippen molar-refractivity contribution in [2.45, 2.75) is 6.54 Å². The second-order valence-corrected chi connectivity index (χ2v) is 4.72. The molecular weight excluding hydrogens is 297 g/mol. The molecule has 1 aromatic heterocycles. The molecule has 0 atom stereocenters. The van der Waals surface area contributed by atoms with Crippen LogP contribution in [0.4, 0.5) is 4.39 Å². The molecule has 0 aliphatic rings. The smallest absolute Gasteiger partial charge is 0.270 e. The fourth-order valence-corrected chi connectivity index (χ4v) is 1.82. The van der Waals surface area contributed by atoms with Gasteiger partial charge in [0.2, 0.25) is 0 Å². The Bertz CT molecular complexity index is 714. The zero-order valence-electron chi connectivity index (χ0n) is 12.4. The average molecular weight is 313 g/mol. The van der Waals surface area contributed by atoms with Crippen molar-refractivity contribution in [3.05, 3.63) is 77.9 Å². The highest BCUT2D eigenvalue weighted by atomic mass is 19.1. The molecule has 0 saturated carbocycles. The molecule has 6 heteroatoms. The van der Waals surface area contributed by atoms with Gasteiger partial charge >= 0.3 is 0 Å². The van der Waals surface area contributed by atoms with E-state index in [0.717, 1.165) is 5.56 Å². The molecule has 0 spiro atoms. The second kappa shape index (κ2) is 7.84. The van der Waals surface area contributed by atoms with Crippen LogP contribution < -0.4 is 10.6 Å². The molecule has 1 aromatic carbocycles. The number of rotatable bonds is 6. The summed E-state index contributed by atoms with van der Waals surface area (Å²) in [6, 6.07) is 10.4. The van der Waals surface area contributed by atoms with Gasteiger partial charge in [-0.15, -0.1) is 6.58 Å². The van der Waals surface area contributed by atoms with Gasteiger partial charge in [-0.1, -0.05) is 24.3 Å². The summed E-state index contributed by atoms with van der Waals surface area (Å²) in [5.74, 6) is -1.12. The topological polar surface area (TPSA) is 71.1 Å². The lowest BCUT2D eigenvalue weighted by Gasteiger charge is -2.06. The monoisotopic (exact) mass is 313 g/mol. The van der Waals surface area contributed by atoms with E-state index in [4.69, 9.17) is 0 Å². The molecule has 0 aliphatic carbocycles. The number of hydrogen-bond acceptors (Lipinski definition) is 3. The summed E-state index contributed by atoms with van der Waals surface area (Å²) in [5.41, 5.74) is 1.05. The van der Waals surface area contributed by atoms with Crippen LogP contribution in [0.25, 0.3) is 0 Å². The predicted molar refractivity (Wildman–Crippen MR) is 84.3 cm³/mol. The third-order valence-corrected chi connectivity index (χ3v) is 2.99. The van der Waals surface area contributed by atoms with Crippen LogP contribution in [0.2, 0.25) is 0 Å². The Morgan fingerprint density at radius 1 is 1.04 bits per heavy atom. The quantitative estimate of drug-likeness (QED) is 0.802. The van der Waals surface area contributed by atoms with Gasteiger partial charge in [0.1, 0.15) is 17.2 Å². The Labute approximate surface area is 133 Å². The van der Waals surface area contributed by atoms with E-state index in [0.29, 0.717) is 6.54 Å².